The Morgan fingerprint density at radius 2 is 2.29 bits per heavy atom. The van der Waals surface area contributed by atoms with Gasteiger partial charge in [0, 0.05) is 5.92 Å². The van der Waals surface area contributed by atoms with Gasteiger partial charge in [-0.1, -0.05) is 19.9 Å². The zero-order valence-electron chi connectivity index (χ0n) is 8.45. The highest BCUT2D eigenvalue weighted by Crippen LogP contribution is 2.26. The molecule has 2 N–H and O–H groups in total. The van der Waals surface area contributed by atoms with Crippen LogP contribution >= 0.6 is 0 Å². The van der Waals surface area contributed by atoms with Crippen LogP contribution in [0.2, 0.25) is 0 Å². The molecule has 1 atom stereocenters. The second-order valence-corrected chi connectivity index (χ2v) is 3.56. The molecule has 3 nitrogen and oxygen atoms in total. The number of nitrogens with two attached hydrogens (primary N) is 1. The second kappa shape index (κ2) is 3.33. The number of para-hydroxylation sites is 1. The summed E-state index contributed by atoms with van der Waals surface area (Å²) >= 11 is 0. The van der Waals surface area contributed by atoms with Gasteiger partial charge >= 0.3 is 0 Å². The van der Waals surface area contributed by atoms with Crippen LogP contribution in [0.5, 0.6) is 0 Å². The highest BCUT2D eigenvalue weighted by Gasteiger charge is 2.12. The van der Waals surface area contributed by atoms with E-state index < -0.39 is 0 Å². The van der Waals surface area contributed by atoms with Crippen molar-refractivity contribution in [3.05, 3.63) is 24.1 Å². The Morgan fingerprint density at radius 3 is 2.93 bits per heavy atom. The standard InChI is InChI=1S/C11H14N2O/c1-3-7(2)11-13-10-8(12)5-4-6-9(10)14-11/h4-7H,3,12H2,1-2H3. The van der Waals surface area contributed by atoms with E-state index in [2.05, 4.69) is 18.8 Å². The normalized spacial score (nSPS) is 13.3. The SMILES string of the molecule is CCC(C)c1nc2c(N)cccc2o1. The van der Waals surface area contributed by atoms with Crippen molar-refractivity contribution in [2.24, 2.45) is 0 Å². The number of fused-ring (bicyclic) bond motifs is 1. The fourth-order valence-corrected chi connectivity index (χ4v) is 1.37. The van der Waals surface area contributed by atoms with Gasteiger partial charge < -0.3 is 10.2 Å². The molecule has 0 spiro atoms. The summed E-state index contributed by atoms with van der Waals surface area (Å²) in [5, 5.41) is 0. The molecule has 3 heteroatoms. The Bertz CT molecular complexity index is 447. The van der Waals surface area contributed by atoms with E-state index in [-0.39, 0.29) is 0 Å². The van der Waals surface area contributed by atoms with Crippen molar-refractivity contribution in [1.29, 1.82) is 0 Å². The maximum absolute atomic E-state index is 5.79. The fraction of sp³-hybridized carbons (Fsp3) is 0.364. The molecule has 1 aromatic carbocycles. The van der Waals surface area contributed by atoms with Crippen LogP contribution in [0.25, 0.3) is 11.1 Å². The fourth-order valence-electron chi connectivity index (χ4n) is 1.37. The summed E-state index contributed by atoms with van der Waals surface area (Å²) in [5.74, 6) is 1.13. The minimum absolute atomic E-state index is 0.349. The predicted molar refractivity (Wildman–Crippen MR) is 57.1 cm³/mol. The topological polar surface area (TPSA) is 52.0 Å². The molecule has 0 saturated carbocycles. The summed E-state index contributed by atoms with van der Waals surface area (Å²) in [6, 6.07) is 5.61. The first-order chi connectivity index (χ1) is 6.72. The van der Waals surface area contributed by atoms with E-state index in [0.29, 0.717) is 11.6 Å². The highest BCUT2D eigenvalue weighted by atomic mass is 16.3. The van der Waals surface area contributed by atoms with Crippen LogP contribution in [0.15, 0.2) is 22.6 Å². The van der Waals surface area contributed by atoms with Gasteiger partial charge in [0.2, 0.25) is 0 Å². The number of aromatic nitrogens is 1. The molecule has 0 radical (unpaired) electrons. The maximum atomic E-state index is 5.79. The average molecular weight is 190 g/mol. The zero-order chi connectivity index (χ0) is 10.1. The Morgan fingerprint density at radius 1 is 1.50 bits per heavy atom. The Kier molecular flexibility index (Phi) is 2.15. The monoisotopic (exact) mass is 190 g/mol. The maximum Gasteiger partial charge on any atom is 0.198 e. The number of anilines is 1. The summed E-state index contributed by atoms with van der Waals surface area (Å²) < 4.78 is 5.61. The third-order valence-corrected chi connectivity index (χ3v) is 2.50. The third-order valence-electron chi connectivity index (χ3n) is 2.50. The van der Waals surface area contributed by atoms with Crippen LogP contribution in [-0.4, -0.2) is 4.98 Å². The smallest absolute Gasteiger partial charge is 0.198 e. The van der Waals surface area contributed by atoms with Crippen molar-refractivity contribution in [2.45, 2.75) is 26.2 Å². The molecule has 2 rings (SSSR count). The first kappa shape index (κ1) is 9.06. The molecule has 74 valence electrons. The molecule has 0 saturated heterocycles. The molecule has 0 fully saturated rings. The number of hydrogen-bond donors (Lipinski definition) is 1. The third kappa shape index (κ3) is 1.35. The molecule has 0 aliphatic heterocycles. The molecule has 1 aromatic heterocycles. The summed E-state index contributed by atoms with van der Waals surface area (Å²) in [6.45, 7) is 4.21. The van der Waals surface area contributed by atoms with Crippen LogP contribution in [0, 0.1) is 0 Å². The van der Waals surface area contributed by atoms with Crippen LogP contribution in [0.4, 0.5) is 5.69 Å². The van der Waals surface area contributed by atoms with Gasteiger partial charge in [-0.15, -0.1) is 0 Å². The van der Waals surface area contributed by atoms with Crippen LogP contribution < -0.4 is 5.73 Å². The van der Waals surface area contributed by atoms with Gasteiger partial charge in [0.25, 0.3) is 0 Å². The average Bonchev–Trinajstić information content (AvgIpc) is 2.62. The van der Waals surface area contributed by atoms with E-state index in [9.17, 15) is 0 Å². The number of rotatable bonds is 2. The highest BCUT2D eigenvalue weighted by molar-refractivity contribution is 5.85. The number of benzene rings is 1. The molecule has 0 amide bonds. The zero-order valence-corrected chi connectivity index (χ0v) is 8.45. The lowest BCUT2D eigenvalue weighted by molar-refractivity contribution is 0.479. The van der Waals surface area contributed by atoms with Gasteiger partial charge in [-0.3, -0.25) is 0 Å². The van der Waals surface area contributed by atoms with Crippen LogP contribution in [0.3, 0.4) is 0 Å². The lowest BCUT2D eigenvalue weighted by atomic mass is 10.1. The number of hydrogen-bond acceptors (Lipinski definition) is 3. The number of nitrogens with zero attached hydrogens (tertiary/aromatic N) is 1. The van der Waals surface area contributed by atoms with E-state index in [0.717, 1.165) is 23.4 Å². The molecular weight excluding hydrogens is 176 g/mol. The summed E-state index contributed by atoms with van der Waals surface area (Å²) in [4.78, 5) is 4.39. The van der Waals surface area contributed by atoms with Crippen molar-refractivity contribution in [2.75, 3.05) is 5.73 Å². The van der Waals surface area contributed by atoms with E-state index in [1.807, 2.05) is 18.2 Å². The van der Waals surface area contributed by atoms with Crippen LogP contribution in [0.1, 0.15) is 32.1 Å². The lowest BCUT2D eigenvalue weighted by Crippen LogP contribution is -1.91. The van der Waals surface area contributed by atoms with Crippen molar-refractivity contribution in [3.63, 3.8) is 0 Å². The summed E-state index contributed by atoms with van der Waals surface area (Å²) in [5.41, 5.74) is 8.03. The Balaban J connectivity index is 2.56. The minimum Gasteiger partial charge on any atom is -0.440 e. The van der Waals surface area contributed by atoms with E-state index in [1.54, 1.807) is 0 Å². The van der Waals surface area contributed by atoms with Gasteiger partial charge in [-0.05, 0) is 18.6 Å². The van der Waals surface area contributed by atoms with Gasteiger partial charge in [0.15, 0.2) is 11.5 Å². The first-order valence-corrected chi connectivity index (χ1v) is 4.87. The summed E-state index contributed by atoms with van der Waals surface area (Å²) in [7, 11) is 0. The molecule has 1 heterocycles. The van der Waals surface area contributed by atoms with Gasteiger partial charge in [0.05, 0.1) is 5.69 Å². The molecular formula is C11H14N2O. The van der Waals surface area contributed by atoms with Gasteiger partial charge in [0.1, 0.15) is 5.52 Å². The van der Waals surface area contributed by atoms with Crippen molar-refractivity contribution in [1.82, 2.24) is 4.98 Å². The first-order valence-electron chi connectivity index (χ1n) is 4.87. The number of nitrogen functional groups attached to an aromatic ring is 1. The van der Waals surface area contributed by atoms with E-state index >= 15 is 0 Å². The van der Waals surface area contributed by atoms with Crippen molar-refractivity contribution in [3.8, 4) is 0 Å². The lowest BCUT2D eigenvalue weighted by Gasteiger charge is -1.99. The Hall–Kier alpha value is -1.51. The quantitative estimate of drug-likeness (QED) is 0.741. The van der Waals surface area contributed by atoms with E-state index in [1.165, 1.54) is 0 Å². The molecule has 0 bridgehead atoms. The van der Waals surface area contributed by atoms with Gasteiger partial charge in [-0.2, -0.15) is 0 Å². The summed E-state index contributed by atoms with van der Waals surface area (Å²) in [6.07, 6.45) is 1.02. The largest absolute Gasteiger partial charge is 0.440 e. The van der Waals surface area contributed by atoms with E-state index in [4.69, 9.17) is 10.2 Å². The van der Waals surface area contributed by atoms with Crippen LogP contribution in [-0.2, 0) is 0 Å². The van der Waals surface area contributed by atoms with Crippen molar-refractivity contribution >= 4 is 16.8 Å². The number of oxazole rings is 1. The molecule has 2 aromatic rings. The molecule has 0 aliphatic rings. The molecule has 0 aliphatic carbocycles. The predicted octanol–water partition coefficient (Wildman–Crippen LogP) is 2.92. The minimum atomic E-state index is 0.349. The second-order valence-electron chi connectivity index (χ2n) is 3.56. The van der Waals surface area contributed by atoms with Crippen molar-refractivity contribution < 1.29 is 4.42 Å². The molecule has 14 heavy (non-hydrogen) atoms. The molecule has 1 unspecified atom stereocenters. The van der Waals surface area contributed by atoms with Gasteiger partial charge in [-0.25, -0.2) is 4.98 Å². The Labute approximate surface area is 82.9 Å².